The van der Waals surface area contributed by atoms with Crippen molar-refractivity contribution < 1.29 is 23.9 Å². The first-order valence-corrected chi connectivity index (χ1v) is 9.85. The van der Waals surface area contributed by atoms with Crippen molar-refractivity contribution in [1.82, 2.24) is 16.2 Å². The zero-order chi connectivity index (χ0) is 20.3. The van der Waals surface area contributed by atoms with Gasteiger partial charge in [-0.3, -0.25) is 10.2 Å². The second kappa shape index (κ2) is 11.3. The van der Waals surface area contributed by atoms with Crippen molar-refractivity contribution in [1.29, 1.82) is 0 Å². The number of rotatable bonds is 7. The molecule has 8 nitrogen and oxygen atoms in total. The topological polar surface area (TPSA) is 106 Å². The van der Waals surface area contributed by atoms with Crippen molar-refractivity contribution in [2.75, 3.05) is 12.0 Å². The van der Waals surface area contributed by atoms with Gasteiger partial charge in [-0.2, -0.15) is 11.8 Å². The lowest BCUT2D eigenvalue weighted by atomic mass is 10.2. The number of thioether (sulfide) groups is 1. The predicted molar refractivity (Wildman–Crippen MR) is 104 cm³/mol. The summed E-state index contributed by atoms with van der Waals surface area (Å²) in [6.45, 7) is 5.22. The highest BCUT2D eigenvalue weighted by Crippen LogP contribution is 2.06. The van der Waals surface area contributed by atoms with Crippen molar-refractivity contribution in [2.45, 2.75) is 45.4 Å². The van der Waals surface area contributed by atoms with Crippen molar-refractivity contribution in [3.63, 3.8) is 0 Å². The van der Waals surface area contributed by atoms with Crippen LogP contribution in [0.3, 0.4) is 0 Å². The van der Waals surface area contributed by atoms with Crippen LogP contribution >= 0.6 is 11.8 Å². The summed E-state index contributed by atoms with van der Waals surface area (Å²) >= 11 is 1.53. The minimum absolute atomic E-state index is 0.0969. The second-order valence-corrected chi connectivity index (χ2v) is 7.64. The molecule has 0 spiro atoms. The largest absolute Gasteiger partial charge is 0.445 e. The molecule has 27 heavy (non-hydrogen) atoms. The average Bonchev–Trinajstić information content (AvgIpc) is 2.61. The number of hydrogen-bond acceptors (Lipinski definition) is 6. The van der Waals surface area contributed by atoms with Crippen LogP contribution in [0.4, 0.5) is 9.59 Å². The summed E-state index contributed by atoms with van der Waals surface area (Å²) in [6, 6.07) is 8.35. The van der Waals surface area contributed by atoms with E-state index in [-0.39, 0.29) is 6.61 Å². The fraction of sp³-hybridized carbons (Fsp3) is 0.500. The van der Waals surface area contributed by atoms with E-state index in [0.29, 0.717) is 12.2 Å². The molecule has 0 aliphatic carbocycles. The first-order valence-electron chi connectivity index (χ1n) is 8.46. The summed E-state index contributed by atoms with van der Waals surface area (Å²) in [5.74, 6) is 0.0790. The number of carbonyl (C=O) groups is 3. The van der Waals surface area contributed by atoms with E-state index < -0.39 is 29.7 Å². The first-order chi connectivity index (χ1) is 12.7. The number of amides is 3. The molecule has 0 fully saturated rings. The number of carbonyl (C=O) groups excluding carboxylic acids is 3. The maximum Gasteiger partial charge on any atom is 0.426 e. The van der Waals surface area contributed by atoms with Crippen LogP contribution in [-0.2, 0) is 20.9 Å². The normalized spacial score (nSPS) is 11.9. The van der Waals surface area contributed by atoms with Crippen LogP contribution in [-0.4, -0.2) is 41.7 Å². The predicted octanol–water partition coefficient (Wildman–Crippen LogP) is 2.59. The Morgan fingerprint density at radius 2 is 1.74 bits per heavy atom. The Hall–Kier alpha value is -2.42. The van der Waals surface area contributed by atoms with Gasteiger partial charge in [-0.25, -0.2) is 15.0 Å². The standard InChI is InChI=1S/C18H27N3O5S/c1-18(2,3)26-17(24)21-20-15(22)14(10-11-27-4)19-16(23)25-12-13-8-6-5-7-9-13/h5-9,14H,10-12H2,1-4H3,(H,19,23)(H,20,22)(H,21,24)/t14-/m1/s1. The quantitative estimate of drug-likeness (QED) is 0.611. The van der Waals surface area contributed by atoms with Gasteiger partial charge in [-0.15, -0.1) is 0 Å². The molecule has 0 unspecified atom stereocenters. The zero-order valence-corrected chi connectivity index (χ0v) is 16.9. The minimum Gasteiger partial charge on any atom is -0.445 e. The maximum atomic E-state index is 12.3. The third kappa shape index (κ3) is 10.3. The lowest BCUT2D eigenvalue weighted by molar-refractivity contribution is -0.124. The van der Waals surface area contributed by atoms with Crippen LogP contribution in [0.15, 0.2) is 30.3 Å². The van der Waals surface area contributed by atoms with Gasteiger partial charge in [0.2, 0.25) is 0 Å². The highest BCUT2D eigenvalue weighted by molar-refractivity contribution is 7.98. The minimum atomic E-state index is -0.851. The summed E-state index contributed by atoms with van der Waals surface area (Å²) in [7, 11) is 0. The Morgan fingerprint density at radius 1 is 1.07 bits per heavy atom. The van der Waals surface area contributed by atoms with Crippen LogP contribution in [0, 0.1) is 0 Å². The fourth-order valence-corrected chi connectivity index (χ4v) is 2.39. The molecular weight excluding hydrogens is 370 g/mol. The molecule has 1 atom stereocenters. The fourth-order valence-electron chi connectivity index (χ4n) is 1.91. The summed E-state index contributed by atoms with van der Waals surface area (Å²) in [4.78, 5) is 35.9. The molecular formula is C18H27N3O5S. The molecule has 9 heteroatoms. The van der Waals surface area contributed by atoms with Crippen LogP contribution in [0.25, 0.3) is 0 Å². The third-order valence-electron chi connectivity index (χ3n) is 3.12. The monoisotopic (exact) mass is 397 g/mol. The molecule has 0 aromatic heterocycles. The Bertz CT molecular complexity index is 619. The van der Waals surface area contributed by atoms with E-state index in [9.17, 15) is 14.4 Å². The maximum absolute atomic E-state index is 12.3. The summed E-state index contributed by atoms with van der Waals surface area (Å²) in [5.41, 5.74) is 4.57. The number of alkyl carbamates (subject to hydrolysis) is 1. The smallest absolute Gasteiger partial charge is 0.426 e. The second-order valence-electron chi connectivity index (χ2n) is 6.66. The van der Waals surface area contributed by atoms with Crippen LogP contribution in [0.2, 0.25) is 0 Å². The number of hydrazine groups is 1. The molecule has 0 saturated carbocycles. The zero-order valence-electron chi connectivity index (χ0n) is 16.0. The molecule has 0 bridgehead atoms. The van der Waals surface area contributed by atoms with Gasteiger partial charge in [0.05, 0.1) is 0 Å². The molecule has 3 amide bonds. The molecule has 1 aromatic rings. The third-order valence-corrected chi connectivity index (χ3v) is 3.76. The average molecular weight is 397 g/mol. The highest BCUT2D eigenvalue weighted by atomic mass is 32.2. The summed E-state index contributed by atoms with van der Waals surface area (Å²) in [6.07, 6.45) is 0.772. The van der Waals surface area contributed by atoms with Gasteiger partial charge in [0.25, 0.3) is 5.91 Å². The lowest BCUT2D eigenvalue weighted by Crippen LogP contribution is -2.53. The van der Waals surface area contributed by atoms with E-state index in [1.54, 1.807) is 20.8 Å². The molecule has 0 aliphatic rings. The Kier molecular flexibility index (Phi) is 9.49. The SMILES string of the molecule is CSCC[C@@H](NC(=O)OCc1ccccc1)C(=O)NNC(=O)OC(C)(C)C. The van der Waals surface area contributed by atoms with E-state index in [0.717, 1.165) is 5.56 Å². The first kappa shape index (κ1) is 22.6. The Labute approximate surface area is 163 Å². The van der Waals surface area contributed by atoms with E-state index in [1.165, 1.54) is 11.8 Å². The van der Waals surface area contributed by atoms with Gasteiger partial charge in [-0.05, 0) is 44.8 Å². The van der Waals surface area contributed by atoms with Crippen LogP contribution in [0.1, 0.15) is 32.8 Å². The van der Waals surface area contributed by atoms with Crippen LogP contribution in [0.5, 0.6) is 0 Å². The van der Waals surface area contributed by atoms with Crippen molar-refractivity contribution in [3.05, 3.63) is 35.9 Å². The molecule has 1 rings (SSSR count). The van der Waals surface area contributed by atoms with Gasteiger partial charge in [-0.1, -0.05) is 30.3 Å². The van der Waals surface area contributed by atoms with Gasteiger partial charge in [0.1, 0.15) is 18.2 Å². The molecule has 1 aromatic carbocycles. The van der Waals surface area contributed by atoms with Crippen molar-refractivity contribution >= 4 is 29.9 Å². The molecule has 0 aliphatic heterocycles. The Morgan fingerprint density at radius 3 is 2.33 bits per heavy atom. The summed E-state index contributed by atoms with van der Waals surface area (Å²) < 4.78 is 10.2. The Balaban J connectivity index is 2.51. The van der Waals surface area contributed by atoms with E-state index in [1.807, 2.05) is 36.6 Å². The van der Waals surface area contributed by atoms with Gasteiger partial charge in [0, 0.05) is 0 Å². The van der Waals surface area contributed by atoms with Crippen LogP contribution < -0.4 is 16.2 Å². The number of ether oxygens (including phenoxy) is 2. The van der Waals surface area contributed by atoms with E-state index >= 15 is 0 Å². The van der Waals surface area contributed by atoms with E-state index in [2.05, 4.69) is 16.2 Å². The van der Waals surface area contributed by atoms with Crippen molar-refractivity contribution in [3.8, 4) is 0 Å². The van der Waals surface area contributed by atoms with Gasteiger partial charge >= 0.3 is 12.2 Å². The molecule has 150 valence electrons. The molecule has 3 N–H and O–H groups in total. The number of benzene rings is 1. The molecule has 0 radical (unpaired) electrons. The molecule has 0 heterocycles. The number of hydrogen-bond donors (Lipinski definition) is 3. The molecule has 0 saturated heterocycles. The lowest BCUT2D eigenvalue weighted by Gasteiger charge is -2.21. The van der Waals surface area contributed by atoms with Crippen molar-refractivity contribution in [2.24, 2.45) is 0 Å². The van der Waals surface area contributed by atoms with Gasteiger partial charge in [0.15, 0.2) is 0 Å². The van der Waals surface area contributed by atoms with E-state index in [4.69, 9.17) is 9.47 Å². The highest BCUT2D eigenvalue weighted by Gasteiger charge is 2.23. The van der Waals surface area contributed by atoms with Gasteiger partial charge < -0.3 is 14.8 Å². The summed E-state index contributed by atoms with van der Waals surface area (Å²) in [5, 5.41) is 2.52. The number of nitrogens with one attached hydrogen (secondary N) is 3.